The lowest BCUT2D eigenvalue weighted by Gasteiger charge is -2.34. The predicted octanol–water partition coefficient (Wildman–Crippen LogP) is 2.96. The highest BCUT2D eigenvalue weighted by molar-refractivity contribution is 8.27. The topological polar surface area (TPSA) is 88.1 Å². The maximum absolute atomic E-state index is 13.9. The van der Waals surface area contributed by atoms with E-state index in [1.165, 1.54) is 14.0 Å². The molecule has 2 aliphatic heterocycles. The average Bonchev–Trinajstić information content (AvgIpc) is 3.35. The number of benzene rings is 1. The first-order valence-electron chi connectivity index (χ1n) is 13.2. The maximum Gasteiger partial charge on any atom is 0.296 e. The molecular formula is C29H29N7O3S2. The molecule has 0 unspecified atom stereocenters. The molecule has 0 saturated carbocycles. The first kappa shape index (κ1) is 27.2. The van der Waals surface area contributed by atoms with Crippen molar-refractivity contribution >= 4 is 57.4 Å². The van der Waals surface area contributed by atoms with Crippen LogP contribution in [-0.2, 0) is 11.8 Å². The van der Waals surface area contributed by atoms with Gasteiger partial charge in [0, 0.05) is 39.4 Å². The number of para-hydroxylation sites is 1. The summed E-state index contributed by atoms with van der Waals surface area (Å²) >= 11 is 6.72. The number of hydrogen-bond donors (Lipinski definition) is 0. The van der Waals surface area contributed by atoms with Gasteiger partial charge in [-0.05, 0) is 50.7 Å². The zero-order chi connectivity index (χ0) is 29.0. The fourth-order valence-corrected chi connectivity index (χ4v) is 6.54. The number of thioether (sulfide) groups is 1. The highest BCUT2D eigenvalue weighted by Gasteiger charge is 2.38. The van der Waals surface area contributed by atoms with Crippen molar-refractivity contribution in [1.82, 2.24) is 23.6 Å². The quantitative estimate of drug-likeness (QED) is 0.266. The molecule has 0 aliphatic carbocycles. The first-order chi connectivity index (χ1) is 19.7. The third kappa shape index (κ3) is 4.52. The minimum Gasteiger partial charge on any atom is -0.353 e. The fourth-order valence-electron chi connectivity index (χ4n) is 5.29. The van der Waals surface area contributed by atoms with E-state index in [4.69, 9.17) is 17.2 Å². The summed E-state index contributed by atoms with van der Waals surface area (Å²) in [7, 11) is 3.83. The normalized spacial score (nSPS) is 17.4. The number of rotatable bonds is 4. The molecule has 210 valence electrons. The molecule has 0 bridgehead atoms. The molecule has 0 radical (unpaired) electrons. The van der Waals surface area contributed by atoms with E-state index in [0.29, 0.717) is 41.5 Å². The van der Waals surface area contributed by atoms with Crippen LogP contribution in [0.15, 0.2) is 63.2 Å². The van der Waals surface area contributed by atoms with E-state index in [9.17, 15) is 14.4 Å². The Labute approximate surface area is 246 Å². The second-order valence-corrected chi connectivity index (χ2v) is 11.9. The van der Waals surface area contributed by atoms with E-state index in [1.807, 2.05) is 43.3 Å². The molecular weight excluding hydrogens is 558 g/mol. The summed E-state index contributed by atoms with van der Waals surface area (Å²) in [5.74, 6) is 0.106. The minimum atomic E-state index is -0.441. The van der Waals surface area contributed by atoms with Gasteiger partial charge < -0.3 is 9.80 Å². The smallest absolute Gasteiger partial charge is 0.296 e. The molecule has 5 heterocycles. The van der Waals surface area contributed by atoms with E-state index in [1.54, 1.807) is 37.0 Å². The molecule has 2 aliphatic rings. The number of pyridine rings is 1. The summed E-state index contributed by atoms with van der Waals surface area (Å²) in [5, 5.41) is 0. The Hall–Kier alpha value is -4.00. The van der Waals surface area contributed by atoms with Crippen LogP contribution in [-0.4, -0.2) is 67.1 Å². The predicted molar refractivity (Wildman–Crippen MR) is 167 cm³/mol. The van der Waals surface area contributed by atoms with Crippen molar-refractivity contribution in [3.8, 4) is 5.69 Å². The first-order valence-corrected chi connectivity index (χ1v) is 14.5. The van der Waals surface area contributed by atoms with Crippen LogP contribution in [0, 0.1) is 13.8 Å². The number of thiocarbonyl (C=S) groups is 1. The van der Waals surface area contributed by atoms with E-state index in [0.717, 1.165) is 30.4 Å². The van der Waals surface area contributed by atoms with Gasteiger partial charge in [-0.1, -0.05) is 48.2 Å². The zero-order valence-electron chi connectivity index (χ0n) is 23.2. The number of carbonyl (C=O) groups is 1. The molecule has 10 nitrogen and oxygen atoms in total. The van der Waals surface area contributed by atoms with Gasteiger partial charge in [0.05, 0.1) is 21.8 Å². The molecule has 12 heteroatoms. The van der Waals surface area contributed by atoms with Crippen molar-refractivity contribution in [3.63, 3.8) is 0 Å². The largest absolute Gasteiger partial charge is 0.353 e. The van der Waals surface area contributed by atoms with Crippen LogP contribution < -0.4 is 20.9 Å². The molecule has 3 aromatic heterocycles. The molecule has 41 heavy (non-hydrogen) atoms. The highest BCUT2D eigenvalue weighted by Crippen LogP contribution is 2.37. The van der Waals surface area contributed by atoms with Crippen LogP contribution in [0.2, 0.25) is 0 Å². The number of anilines is 2. The van der Waals surface area contributed by atoms with Crippen molar-refractivity contribution < 1.29 is 4.79 Å². The van der Waals surface area contributed by atoms with Crippen molar-refractivity contribution in [2.75, 3.05) is 43.0 Å². The van der Waals surface area contributed by atoms with Crippen LogP contribution in [0.25, 0.3) is 17.4 Å². The summed E-state index contributed by atoms with van der Waals surface area (Å²) in [5.41, 5.74) is 2.64. The van der Waals surface area contributed by atoms with Crippen LogP contribution in [0.1, 0.15) is 16.8 Å². The van der Waals surface area contributed by atoms with Crippen LogP contribution in [0.3, 0.4) is 0 Å². The van der Waals surface area contributed by atoms with Gasteiger partial charge in [-0.25, -0.2) is 9.67 Å². The Bertz CT molecular complexity index is 1870. The second-order valence-electron chi connectivity index (χ2n) is 10.3. The standard InChI is InChI=1S/C29H29N7O3S2/c1-18-9-8-12-34-24(18)30-25(33-15-13-31(3)14-16-33)21(26(34)37)17-22-27(38)35(29(40)41-22)23-19(2)32(4)36(28(23)39)20-10-6-5-7-11-20/h5-12,17H,13-16H2,1-4H3/b22-17+. The third-order valence-electron chi connectivity index (χ3n) is 7.68. The molecule has 4 aromatic rings. The Morgan fingerprint density at radius 2 is 1.63 bits per heavy atom. The summed E-state index contributed by atoms with van der Waals surface area (Å²) < 4.78 is 4.97. The van der Waals surface area contributed by atoms with Gasteiger partial charge in [-0.15, -0.1) is 0 Å². The Balaban J connectivity index is 1.47. The molecule has 0 N–H and O–H groups in total. The lowest BCUT2D eigenvalue weighted by Crippen LogP contribution is -2.45. The molecule has 2 saturated heterocycles. The number of hydrogen-bond acceptors (Lipinski definition) is 8. The summed E-state index contributed by atoms with van der Waals surface area (Å²) in [6.07, 6.45) is 3.28. The Kier molecular flexibility index (Phi) is 6.92. The maximum atomic E-state index is 13.9. The number of amides is 1. The zero-order valence-corrected chi connectivity index (χ0v) is 24.8. The lowest BCUT2D eigenvalue weighted by molar-refractivity contribution is -0.113. The van der Waals surface area contributed by atoms with Gasteiger partial charge in [0.2, 0.25) is 0 Å². The van der Waals surface area contributed by atoms with E-state index in [-0.39, 0.29) is 26.0 Å². The second kappa shape index (κ2) is 10.4. The number of carbonyl (C=O) groups excluding carboxylic acids is 1. The minimum absolute atomic E-state index is 0.200. The number of piperazine rings is 1. The van der Waals surface area contributed by atoms with Crippen LogP contribution in [0.5, 0.6) is 0 Å². The number of likely N-dealkylation sites (N-methyl/N-ethyl adjacent to an activating group) is 1. The molecule has 1 amide bonds. The van der Waals surface area contributed by atoms with Crippen molar-refractivity contribution in [3.05, 3.63) is 91.1 Å². The summed E-state index contributed by atoms with van der Waals surface area (Å²) in [6.45, 7) is 6.77. The molecule has 1 aromatic carbocycles. The van der Waals surface area contributed by atoms with Gasteiger partial charge in [0.1, 0.15) is 17.2 Å². The molecule has 2 fully saturated rings. The molecule has 6 rings (SSSR count). The number of fused-ring (bicyclic) bond motifs is 1. The van der Waals surface area contributed by atoms with Crippen LogP contribution in [0.4, 0.5) is 11.5 Å². The average molecular weight is 588 g/mol. The Morgan fingerprint density at radius 1 is 0.927 bits per heavy atom. The number of nitrogens with zero attached hydrogens (tertiary/aromatic N) is 7. The van der Waals surface area contributed by atoms with Gasteiger partial charge in [-0.2, -0.15) is 0 Å². The highest BCUT2D eigenvalue weighted by atomic mass is 32.2. The Morgan fingerprint density at radius 3 is 2.34 bits per heavy atom. The number of aryl methyl sites for hydroxylation is 1. The SMILES string of the molecule is Cc1cccn2c(=O)c(/C=C3/SC(=S)N(c4c(C)n(C)n(-c5ccccc5)c4=O)C3=O)c(N3CCN(C)CC3)nc12. The van der Waals surface area contributed by atoms with Gasteiger partial charge in [0.15, 0.2) is 4.32 Å². The van der Waals surface area contributed by atoms with Crippen molar-refractivity contribution in [2.45, 2.75) is 13.8 Å². The van der Waals surface area contributed by atoms with E-state index < -0.39 is 5.91 Å². The molecule has 0 atom stereocenters. The third-order valence-corrected chi connectivity index (χ3v) is 8.99. The lowest BCUT2D eigenvalue weighted by atomic mass is 10.2. The number of aromatic nitrogens is 4. The van der Waals surface area contributed by atoms with Crippen LogP contribution >= 0.6 is 24.0 Å². The molecule has 0 spiro atoms. The van der Waals surface area contributed by atoms with Gasteiger partial charge >= 0.3 is 0 Å². The summed E-state index contributed by atoms with van der Waals surface area (Å²) in [6, 6.07) is 13.0. The van der Waals surface area contributed by atoms with E-state index >= 15 is 0 Å². The monoisotopic (exact) mass is 587 g/mol. The van der Waals surface area contributed by atoms with Gasteiger partial charge in [0.25, 0.3) is 17.0 Å². The van der Waals surface area contributed by atoms with E-state index in [2.05, 4.69) is 16.8 Å². The van der Waals surface area contributed by atoms with Gasteiger partial charge in [-0.3, -0.25) is 28.4 Å². The van der Waals surface area contributed by atoms with Crippen molar-refractivity contribution in [1.29, 1.82) is 0 Å². The summed E-state index contributed by atoms with van der Waals surface area (Å²) in [4.78, 5) is 52.2. The fraction of sp³-hybridized carbons (Fsp3) is 0.276. The van der Waals surface area contributed by atoms with Crippen molar-refractivity contribution in [2.24, 2.45) is 7.05 Å².